The molecule has 0 radical (unpaired) electrons. The summed E-state index contributed by atoms with van der Waals surface area (Å²) in [5, 5.41) is 13.7. The number of furan rings is 1. The van der Waals surface area contributed by atoms with Gasteiger partial charge in [-0.25, -0.2) is 13.1 Å². The maximum absolute atomic E-state index is 13.4. The Hall–Kier alpha value is -2.72. The van der Waals surface area contributed by atoms with Gasteiger partial charge in [0.1, 0.15) is 5.58 Å². The molecule has 7 nitrogen and oxygen atoms in total. The Balaban J connectivity index is 1.74. The molecule has 0 atom stereocenters. The van der Waals surface area contributed by atoms with Gasteiger partial charge in [0, 0.05) is 41.2 Å². The summed E-state index contributed by atoms with van der Waals surface area (Å²) in [5.41, 5.74) is 3.97. The fraction of sp³-hybridized carbons (Fsp3) is 0.192. The number of nitrogens with one attached hydrogen (secondary N) is 2. The Bertz CT molecular complexity index is 1530. The van der Waals surface area contributed by atoms with Crippen LogP contribution in [0.25, 0.3) is 22.1 Å². The highest BCUT2D eigenvalue weighted by Crippen LogP contribution is 2.33. The average molecular weight is 547 g/mol. The van der Waals surface area contributed by atoms with Gasteiger partial charge in [-0.15, -0.1) is 0 Å². The van der Waals surface area contributed by atoms with Crippen molar-refractivity contribution >= 4 is 50.0 Å². The summed E-state index contributed by atoms with van der Waals surface area (Å²) in [7, 11) is -3.31. The molecule has 1 aromatic heterocycles. The maximum Gasteiger partial charge on any atom is 0.230 e. The van der Waals surface area contributed by atoms with E-state index in [2.05, 4.69) is 10.0 Å². The van der Waals surface area contributed by atoms with Crippen LogP contribution in [0.1, 0.15) is 27.2 Å². The number of aliphatic hydroxyl groups is 1. The molecule has 36 heavy (non-hydrogen) atoms. The largest absolute Gasteiger partial charge is 0.452 e. The monoisotopic (exact) mass is 546 g/mol. The molecule has 0 unspecified atom stereocenters. The second-order valence-electron chi connectivity index (χ2n) is 8.27. The number of fused-ring (bicyclic) bond motifs is 1. The lowest BCUT2D eigenvalue weighted by Crippen LogP contribution is -2.21. The van der Waals surface area contributed by atoms with E-state index in [1.54, 1.807) is 12.1 Å². The van der Waals surface area contributed by atoms with Crippen LogP contribution in [0.2, 0.25) is 10.0 Å². The standard InChI is InChI=1S/C26H24Cl2N2O5S/c1-36(33,34)30-14-16-3-2-4-17(11-16)18-5-7-20-22(15-29-9-10-31)26(35-24(20)12-18)25(32)21-8-6-19(27)13-23(21)28/h2-8,11-13,29-31H,9-10,14-15H2,1H3. The summed E-state index contributed by atoms with van der Waals surface area (Å²) in [6, 6.07) is 17.8. The Morgan fingerprint density at radius 3 is 2.50 bits per heavy atom. The molecule has 0 amide bonds. The van der Waals surface area contributed by atoms with E-state index in [1.807, 2.05) is 42.5 Å². The Morgan fingerprint density at radius 2 is 1.78 bits per heavy atom. The number of halogens is 2. The van der Waals surface area contributed by atoms with Gasteiger partial charge in [-0.05, 0) is 47.0 Å². The zero-order chi connectivity index (χ0) is 25.9. The molecule has 10 heteroatoms. The van der Waals surface area contributed by atoms with E-state index >= 15 is 0 Å². The van der Waals surface area contributed by atoms with Gasteiger partial charge in [0.2, 0.25) is 15.8 Å². The molecule has 0 aliphatic carbocycles. The maximum atomic E-state index is 13.4. The van der Waals surface area contributed by atoms with Crippen LogP contribution in [0.5, 0.6) is 0 Å². The van der Waals surface area contributed by atoms with E-state index in [0.29, 0.717) is 29.3 Å². The first-order valence-corrected chi connectivity index (χ1v) is 13.7. The Kier molecular flexibility index (Phi) is 8.14. The van der Waals surface area contributed by atoms with Gasteiger partial charge in [0.25, 0.3) is 0 Å². The molecule has 3 aromatic carbocycles. The molecule has 0 bridgehead atoms. The average Bonchev–Trinajstić information content (AvgIpc) is 3.20. The van der Waals surface area contributed by atoms with Crippen molar-refractivity contribution in [3.8, 4) is 11.1 Å². The number of sulfonamides is 1. The molecule has 0 aliphatic heterocycles. The third-order valence-electron chi connectivity index (χ3n) is 5.56. The van der Waals surface area contributed by atoms with Crippen molar-refractivity contribution in [3.05, 3.63) is 93.2 Å². The third kappa shape index (κ3) is 6.15. The first-order valence-electron chi connectivity index (χ1n) is 11.1. The summed E-state index contributed by atoms with van der Waals surface area (Å²) >= 11 is 12.3. The molecule has 1 heterocycles. The van der Waals surface area contributed by atoms with Crippen LogP contribution in [0, 0.1) is 0 Å². The van der Waals surface area contributed by atoms with Gasteiger partial charge in [-0.3, -0.25) is 4.79 Å². The fourth-order valence-electron chi connectivity index (χ4n) is 3.85. The smallest absolute Gasteiger partial charge is 0.230 e. The molecule has 4 aromatic rings. The van der Waals surface area contributed by atoms with Gasteiger partial charge >= 0.3 is 0 Å². The number of benzene rings is 3. The van der Waals surface area contributed by atoms with Crippen LogP contribution in [-0.2, 0) is 23.1 Å². The summed E-state index contributed by atoms with van der Waals surface area (Å²) in [6.45, 7) is 0.799. The number of hydrogen-bond donors (Lipinski definition) is 3. The summed E-state index contributed by atoms with van der Waals surface area (Å²) in [5.74, 6) is -0.216. The molecule has 4 rings (SSSR count). The first-order chi connectivity index (χ1) is 17.2. The number of aliphatic hydroxyl groups excluding tert-OH is 1. The molecule has 0 spiro atoms. The van der Waals surface area contributed by atoms with E-state index in [0.717, 1.165) is 28.3 Å². The number of hydrogen-bond acceptors (Lipinski definition) is 6. The van der Waals surface area contributed by atoms with Crippen molar-refractivity contribution in [3.63, 3.8) is 0 Å². The molecular weight excluding hydrogens is 523 g/mol. The number of carbonyl (C=O) groups is 1. The van der Waals surface area contributed by atoms with E-state index in [4.69, 9.17) is 27.6 Å². The Labute approximate surface area is 219 Å². The van der Waals surface area contributed by atoms with E-state index in [1.165, 1.54) is 6.07 Å². The molecular formula is C26H24Cl2N2O5S. The van der Waals surface area contributed by atoms with Crippen LogP contribution in [0.3, 0.4) is 0 Å². The van der Waals surface area contributed by atoms with Crippen molar-refractivity contribution in [2.75, 3.05) is 19.4 Å². The highest BCUT2D eigenvalue weighted by Gasteiger charge is 2.24. The lowest BCUT2D eigenvalue weighted by atomic mass is 10.00. The van der Waals surface area contributed by atoms with E-state index < -0.39 is 10.0 Å². The lowest BCUT2D eigenvalue weighted by Gasteiger charge is -2.07. The van der Waals surface area contributed by atoms with Crippen molar-refractivity contribution < 1.29 is 22.7 Å². The van der Waals surface area contributed by atoms with Crippen LogP contribution >= 0.6 is 23.2 Å². The van der Waals surface area contributed by atoms with Crippen LogP contribution < -0.4 is 10.0 Å². The van der Waals surface area contributed by atoms with E-state index in [-0.39, 0.29) is 35.3 Å². The Morgan fingerprint density at radius 1 is 1.00 bits per heavy atom. The van der Waals surface area contributed by atoms with Crippen molar-refractivity contribution in [1.82, 2.24) is 10.0 Å². The highest BCUT2D eigenvalue weighted by molar-refractivity contribution is 7.88. The predicted octanol–water partition coefficient (Wildman–Crippen LogP) is 4.77. The van der Waals surface area contributed by atoms with Gasteiger partial charge in [0.15, 0.2) is 5.76 Å². The number of rotatable bonds is 10. The van der Waals surface area contributed by atoms with Crippen LogP contribution in [-0.4, -0.2) is 38.7 Å². The summed E-state index contributed by atoms with van der Waals surface area (Å²) in [4.78, 5) is 13.4. The quantitative estimate of drug-likeness (QED) is 0.195. The second-order valence-corrected chi connectivity index (χ2v) is 10.9. The van der Waals surface area contributed by atoms with Gasteiger partial charge < -0.3 is 14.8 Å². The molecule has 0 saturated carbocycles. The zero-order valence-corrected chi connectivity index (χ0v) is 21.7. The number of carbonyl (C=O) groups excluding carboxylic acids is 1. The van der Waals surface area contributed by atoms with Crippen molar-refractivity contribution in [2.45, 2.75) is 13.1 Å². The van der Waals surface area contributed by atoms with Crippen LogP contribution in [0.4, 0.5) is 0 Å². The third-order valence-corrected chi connectivity index (χ3v) is 6.78. The minimum Gasteiger partial charge on any atom is -0.452 e. The molecule has 0 fully saturated rings. The SMILES string of the molecule is CS(=O)(=O)NCc1cccc(-c2ccc3c(CNCCO)c(C(=O)c4ccc(Cl)cc4Cl)oc3c2)c1. The summed E-state index contributed by atoms with van der Waals surface area (Å²) < 4.78 is 31.5. The lowest BCUT2D eigenvalue weighted by molar-refractivity contribution is 0.101. The predicted molar refractivity (Wildman–Crippen MR) is 142 cm³/mol. The molecule has 0 saturated heterocycles. The minimum atomic E-state index is -3.31. The van der Waals surface area contributed by atoms with Gasteiger partial charge in [-0.1, -0.05) is 53.5 Å². The molecule has 188 valence electrons. The first kappa shape index (κ1) is 26.3. The normalized spacial score (nSPS) is 11.8. The van der Waals surface area contributed by atoms with Crippen LogP contribution in [0.15, 0.2) is 65.1 Å². The van der Waals surface area contributed by atoms with Crippen molar-refractivity contribution in [2.24, 2.45) is 0 Å². The summed E-state index contributed by atoms with van der Waals surface area (Å²) in [6.07, 6.45) is 1.12. The second kappa shape index (κ2) is 11.1. The van der Waals surface area contributed by atoms with Crippen molar-refractivity contribution in [1.29, 1.82) is 0 Å². The molecule has 0 aliphatic rings. The number of ketones is 1. The topological polar surface area (TPSA) is 109 Å². The van der Waals surface area contributed by atoms with E-state index in [9.17, 15) is 18.3 Å². The minimum absolute atomic E-state index is 0.0449. The highest BCUT2D eigenvalue weighted by atomic mass is 35.5. The fourth-order valence-corrected chi connectivity index (χ4v) is 4.78. The van der Waals surface area contributed by atoms with Gasteiger partial charge in [0.05, 0.1) is 17.9 Å². The molecule has 3 N–H and O–H groups in total. The zero-order valence-electron chi connectivity index (χ0n) is 19.3. The van der Waals surface area contributed by atoms with Gasteiger partial charge in [-0.2, -0.15) is 0 Å².